The number of carbonyl (C=O) groups is 1. The number of carbonyl (C=O) groups excluding carboxylic acids is 1. The van der Waals surface area contributed by atoms with Gasteiger partial charge in [0.15, 0.2) is 10.8 Å². The van der Waals surface area contributed by atoms with Crippen LogP contribution in [0, 0.1) is 0 Å². The first kappa shape index (κ1) is 27.6. The quantitative estimate of drug-likeness (QED) is 0.334. The van der Waals surface area contributed by atoms with E-state index in [-0.39, 0.29) is 12.5 Å². The van der Waals surface area contributed by atoms with Crippen molar-refractivity contribution in [3.05, 3.63) is 60.2 Å². The van der Waals surface area contributed by atoms with Gasteiger partial charge in [-0.3, -0.25) is 4.79 Å². The van der Waals surface area contributed by atoms with Crippen molar-refractivity contribution in [2.75, 3.05) is 70.3 Å². The van der Waals surface area contributed by atoms with E-state index in [1.807, 2.05) is 54.6 Å². The van der Waals surface area contributed by atoms with Gasteiger partial charge in [0.05, 0.1) is 13.2 Å². The molecule has 1 aromatic heterocycles. The van der Waals surface area contributed by atoms with E-state index in [1.165, 1.54) is 11.8 Å². The first-order valence-electron chi connectivity index (χ1n) is 12.5. The van der Waals surface area contributed by atoms with Gasteiger partial charge in [0.25, 0.3) is 5.88 Å². The molecule has 2 aromatic carbocycles. The Bertz CT molecular complexity index is 1170. The molecule has 1 fully saturated rings. The van der Waals surface area contributed by atoms with Crippen LogP contribution in [0.1, 0.15) is 5.56 Å². The van der Waals surface area contributed by atoms with Crippen LogP contribution in [0.15, 0.2) is 64.5 Å². The van der Waals surface area contributed by atoms with Crippen molar-refractivity contribution in [2.45, 2.75) is 16.5 Å². The number of benzene rings is 2. The van der Waals surface area contributed by atoms with Crippen LogP contribution in [-0.2, 0) is 16.1 Å². The summed E-state index contributed by atoms with van der Waals surface area (Å²) in [5.41, 5.74) is 7.11. The summed E-state index contributed by atoms with van der Waals surface area (Å²) in [4.78, 5) is 26.8. The average molecular weight is 539 g/mol. The van der Waals surface area contributed by atoms with Crippen molar-refractivity contribution in [3.8, 4) is 11.8 Å². The molecule has 1 aliphatic rings. The summed E-state index contributed by atoms with van der Waals surface area (Å²) in [5.74, 6) is 1.32. The number of nitrogens with two attached hydrogens (primary N) is 1. The molecule has 3 aromatic rings. The van der Waals surface area contributed by atoms with Gasteiger partial charge in [-0.1, -0.05) is 42.1 Å². The second-order valence-corrected chi connectivity index (χ2v) is 9.81. The van der Waals surface area contributed by atoms with Crippen molar-refractivity contribution in [1.82, 2.24) is 14.9 Å². The number of nitrogens with one attached hydrogen (secondary N) is 1. The monoisotopic (exact) mass is 538 g/mol. The van der Waals surface area contributed by atoms with Gasteiger partial charge >= 0.3 is 0 Å². The molecule has 0 aliphatic carbocycles. The van der Waals surface area contributed by atoms with Gasteiger partial charge in [0.1, 0.15) is 13.2 Å². The molecule has 0 radical (unpaired) electrons. The number of hydrogen-bond donors (Lipinski definition) is 2. The van der Waals surface area contributed by atoms with E-state index in [9.17, 15) is 4.79 Å². The van der Waals surface area contributed by atoms with Gasteiger partial charge in [-0.2, -0.15) is 9.97 Å². The maximum absolute atomic E-state index is 11.6. The molecular formula is C27H34N6O4S. The van der Waals surface area contributed by atoms with Gasteiger partial charge in [-0.25, -0.2) is 0 Å². The molecule has 1 saturated heterocycles. The fraction of sp³-hybridized carbons (Fsp3) is 0.370. The molecule has 0 saturated carbocycles. The first-order chi connectivity index (χ1) is 18.6. The van der Waals surface area contributed by atoms with Crippen LogP contribution >= 0.6 is 11.8 Å². The van der Waals surface area contributed by atoms with E-state index >= 15 is 0 Å². The third-order valence-corrected chi connectivity index (χ3v) is 6.84. The maximum Gasteiger partial charge on any atom is 0.259 e. The molecule has 10 nitrogen and oxygen atoms in total. The summed E-state index contributed by atoms with van der Waals surface area (Å²) in [6, 6.07) is 17.4. The number of rotatable bonds is 12. The highest BCUT2D eigenvalue weighted by Gasteiger charge is 2.24. The molecule has 38 heavy (non-hydrogen) atoms. The maximum atomic E-state index is 11.6. The minimum absolute atomic E-state index is 0.0698. The second-order valence-electron chi connectivity index (χ2n) is 8.75. The van der Waals surface area contributed by atoms with Crippen LogP contribution in [0.25, 0.3) is 0 Å². The number of methoxy groups -OCH3 is 1. The Morgan fingerprint density at radius 1 is 0.974 bits per heavy atom. The first-order valence-corrected chi connectivity index (χ1v) is 13.3. The Balaban J connectivity index is 1.64. The fourth-order valence-corrected chi connectivity index (χ4v) is 4.56. The molecule has 2 heterocycles. The highest BCUT2D eigenvalue weighted by Crippen LogP contribution is 2.38. The summed E-state index contributed by atoms with van der Waals surface area (Å²) >= 11 is 1.41. The number of aromatic nitrogens is 2. The highest BCUT2D eigenvalue weighted by atomic mass is 32.2. The number of ether oxygens (including phenoxy) is 3. The lowest BCUT2D eigenvalue weighted by atomic mass is 10.2. The lowest BCUT2D eigenvalue weighted by Gasteiger charge is -2.33. The van der Waals surface area contributed by atoms with Crippen LogP contribution in [-0.4, -0.2) is 80.9 Å². The highest BCUT2D eigenvalue weighted by molar-refractivity contribution is 7.99. The minimum atomic E-state index is -0.246. The number of anilines is 2. The Labute approximate surface area is 227 Å². The second kappa shape index (κ2) is 14.0. The molecule has 0 bridgehead atoms. The van der Waals surface area contributed by atoms with E-state index in [0.29, 0.717) is 48.1 Å². The zero-order chi connectivity index (χ0) is 26.7. The van der Waals surface area contributed by atoms with Crippen molar-refractivity contribution >= 4 is 29.2 Å². The lowest BCUT2D eigenvalue weighted by molar-refractivity contribution is -0.114. The van der Waals surface area contributed by atoms with Crippen molar-refractivity contribution in [1.29, 1.82) is 0 Å². The largest absolute Gasteiger partial charge is 0.473 e. The Morgan fingerprint density at radius 2 is 1.71 bits per heavy atom. The summed E-state index contributed by atoms with van der Waals surface area (Å²) in [6.45, 7) is 4.54. The molecule has 0 unspecified atom stereocenters. The van der Waals surface area contributed by atoms with Crippen LogP contribution in [0.5, 0.6) is 11.8 Å². The van der Waals surface area contributed by atoms with Crippen LogP contribution in [0.4, 0.5) is 11.5 Å². The van der Waals surface area contributed by atoms with Gasteiger partial charge in [-0.15, -0.1) is 0 Å². The summed E-state index contributed by atoms with van der Waals surface area (Å²) in [5, 5.41) is 3.33. The smallest absolute Gasteiger partial charge is 0.259 e. The minimum Gasteiger partial charge on any atom is -0.473 e. The zero-order valence-corrected chi connectivity index (χ0v) is 22.6. The number of piperazine rings is 1. The molecule has 1 aliphatic heterocycles. The van der Waals surface area contributed by atoms with E-state index in [2.05, 4.69) is 22.2 Å². The van der Waals surface area contributed by atoms with Crippen LogP contribution in [0.3, 0.4) is 0 Å². The molecule has 1 amide bonds. The molecule has 11 heteroatoms. The van der Waals surface area contributed by atoms with Crippen LogP contribution < -0.4 is 25.4 Å². The van der Waals surface area contributed by atoms with Gasteiger partial charge in [0, 0.05) is 43.9 Å². The average Bonchev–Trinajstić information content (AvgIpc) is 2.95. The number of likely N-dealkylation sites (N-methyl/N-ethyl adjacent to an activating group) is 1. The third kappa shape index (κ3) is 7.81. The Morgan fingerprint density at radius 3 is 2.39 bits per heavy atom. The van der Waals surface area contributed by atoms with Gasteiger partial charge in [-0.05, 0) is 36.9 Å². The molecule has 0 atom stereocenters. The van der Waals surface area contributed by atoms with E-state index in [1.54, 1.807) is 7.11 Å². The third-order valence-electron chi connectivity index (χ3n) is 5.87. The summed E-state index contributed by atoms with van der Waals surface area (Å²) in [6.07, 6.45) is 0. The molecule has 202 valence electrons. The Kier molecular flexibility index (Phi) is 10.2. The zero-order valence-electron chi connectivity index (χ0n) is 21.8. The van der Waals surface area contributed by atoms with Crippen molar-refractivity contribution < 1.29 is 19.0 Å². The van der Waals surface area contributed by atoms with E-state index < -0.39 is 0 Å². The number of nitrogens with zero attached hydrogens (tertiary/aromatic N) is 4. The Hall–Kier alpha value is -3.38. The predicted molar refractivity (Wildman–Crippen MR) is 148 cm³/mol. The van der Waals surface area contributed by atoms with Gasteiger partial charge < -0.3 is 35.1 Å². The molecular weight excluding hydrogens is 504 g/mol. The van der Waals surface area contributed by atoms with E-state index in [4.69, 9.17) is 29.9 Å². The fourth-order valence-electron chi connectivity index (χ4n) is 3.74. The standard InChI is InChI=1S/C27H34N6O4S/c1-32-12-14-33(15-13-32)24-25(37-19-20-6-4-3-5-7-20)31-27(26(30-24)36-17-16-35-2)38-22-10-8-21(9-11-22)29-23(34)18-28/h3-11H,12-19,28H2,1-2H3,(H,29,34). The van der Waals surface area contributed by atoms with Crippen molar-refractivity contribution in [3.63, 3.8) is 0 Å². The molecule has 4 rings (SSSR count). The predicted octanol–water partition coefficient (Wildman–Crippen LogP) is 2.88. The summed E-state index contributed by atoms with van der Waals surface area (Å²) in [7, 11) is 3.74. The number of hydrogen-bond acceptors (Lipinski definition) is 10. The number of amides is 1. The van der Waals surface area contributed by atoms with Crippen molar-refractivity contribution in [2.24, 2.45) is 5.73 Å². The topological polar surface area (TPSA) is 115 Å². The molecule has 0 spiro atoms. The lowest BCUT2D eigenvalue weighted by Crippen LogP contribution is -2.45. The SMILES string of the molecule is COCCOc1nc(N2CCN(C)CC2)c(OCc2ccccc2)nc1Sc1ccc(NC(=O)CN)cc1. The van der Waals surface area contributed by atoms with Gasteiger partial charge in [0.2, 0.25) is 11.8 Å². The van der Waals surface area contributed by atoms with E-state index in [0.717, 1.165) is 36.6 Å². The van der Waals surface area contributed by atoms with Crippen LogP contribution in [0.2, 0.25) is 0 Å². The normalized spacial score (nSPS) is 13.8. The summed E-state index contributed by atoms with van der Waals surface area (Å²) < 4.78 is 17.5. The molecule has 3 N–H and O–H groups in total.